The Bertz CT molecular complexity index is 1280. The van der Waals surface area contributed by atoms with Crippen molar-refractivity contribution in [3.05, 3.63) is 12.7 Å². The van der Waals surface area contributed by atoms with E-state index in [1.165, 1.54) is 25.7 Å². The number of hydrogen-bond acceptors (Lipinski definition) is 7. The average molecular weight is 742 g/mol. The molecule has 53 heavy (non-hydrogen) atoms. The SMILES string of the molecule is C=CCCC(NC(=O)[C@@H]1CCCN1C(=O)[C@@H](NC(=O)NC12CC3CC(CC(C3)C1)C2)C1CCCCC1)C(=O)C(=O)NCCC(=O)OC(C)(C)C.CCC. The molecule has 6 aliphatic rings. The maximum atomic E-state index is 14.3. The molecule has 1 saturated heterocycles. The van der Waals surface area contributed by atoms with Crippen molar-refractivity contribution in [3.8, 4) is 0 Å². The number of amides is 5. The fraction of sp³-hybridized carbons (Fsp3) is 0.805. The molecule has 0 aromatic carbocycles. The maximum absolute atomic E-state index is 14.3. The van der Waals surface area contributed by atoms with Gasteiger partial charge in [-0.3, -0.25) is 24.0 Å². The summed E-state index contributed by atoms with van der Waals surface area (Å²) in [6.07, 6.45) is 15.9. The molecule has 1 heterocycles. The van der Waals surface area contributed by atoms with E-state index in [0.717, 1.165) is 51.4 Å². The maximum Gasteiger partial charge on any atom is 0.315 e. The molecule has 4 bridgehead atoms. The van der Waals surface area contributed by atoms with Crippen molar-refractivity contribution in [3.63, 3.8) is 0 Å². The molecule has 6 fully saturated rings. The molecular formula is C41H67N5O7. The zero-order valence-corrected chi connectivity index (χ0v) is 33.1. The number of carbonyl (C=O) groups is 6. The summed E-state index contributed by atoms with van der Waals surface area (Å²) >= 11 is 0. The molecule has 5 aliphatic carbocycles. The second-order valence-corrected chi connectivity index (χ2v) is 17.5. The van der Waals surface area contributed by atoms with E-state index in [4.69, 9.17) is 4.74 Å². The predicted octanol–water partition coefficient (Wildman–Crippen LogP) is 5.48. The van der Waals surface area contributed by atoms with Crippen LogP contribution in [-0.4, -0.2) is 82.8 Å². The van der Waals surface area contributed by atoms with Gasteiger partial charge in [0, 0.05) is 18.6 Å². The highest BCUT2D eigenvalue weighted by Gasteiger charge is 2.52. The average Bonchev–Trinajstić information content (AvgIpc) is 3.58. The van der Waals surface area contributed by atoms with Gasteiger partial charge in [-0.2, -0.15) is 0 Å². The van der Waals surface area contributed by atoms with Gasteiger partial charge in [0.15, 0.2) is 0 Å². The van der Waals surface area contributed by atoms with Crippen molar-refractivity contribution in [2.24, 2.45) is 23.7 Å². The van der Waals surface area contributed by atoms with E-state index >= 15 is 0 Å². The quantitative estimate of drug-likeness (QED) is 0.104. The number of nitrogens with zero attached hydrogens (tertiary/aromatic N) is 1. The van der Waals surface area contributed by atoms with E-state index < -0.39 is 47.3 Å². The van der Waals surface area contributed by atoms with Crippen LogP contribution in [0.5, 0.6) is 0 Å². The number of urea groups is 1. The number of ether oxygens (including phenoxy) is 1. The lowest BCUT2D eigenvalue weighted by Gasteiger charge is -2.56. The van der Waals surface area contributed by atoms with Crippen LogP contribution in [0.25, 0.3) is 0 Å². The zero-order chi connectivity index (χ0) is 38.8. The highest BCUT2D eigenvalue weighted by molar-refractivity contribution is 6.38. The zero-order valence-electron chi connectivity index (χ0n) is 33.1. The Morgan fingerprint density at radius 3 is 2.06 bits per heavy atom. The number of likely N-dealkylation sites (tertiary alicyclic amines) is 1. The molecule has 0 radical (unpaired) electrons. The predicted molar refractivity (Wildman–Crippen MR) is 203 cm³/mol. The fourth-order valence-corrected chi connectivity index (χ4v) is 9.75. The first kappa shape index (κ1) is 42.3. The Balaban J connectivity index is 0.00000202. The van der Waals surface area contributed by atoms with E-state index in [1.54, 1.807) is 31.7 Å². The lowest BCUT2D eigenvalue weighted by Crippen LogP contribution is -2.64. The Labute approximate surface area is 317 Å². The highest BCUT2D eigenvalue weighted by atomic mass is 16.6. The Morgan fingerprint density at radius 1 is 0.887 bits per heavy atom. The number of ketones is 1. The molecule has 298 valence electrons. The van der Waals surface area contributed by atoms with Crippen LogP contribution in [0.1, 0.15) is 144 Å². The molecule has 0 aromatic heterocycles. The van der Waals surface area contributed by atoms with Crippen molar-refractivity contribution in [2.75, 3.05) is 13.1 Å². The number of carbonyl (C=O) groups excluding carboxylic acids is 6. The smallest absolute Gasteiger partial charge is 0.315 e. The van der Waals surface area contributed by atoms with Gasteiger partial charge < -0.3 is 30.9 Å². The van der Waals surface area contributed by atoms with E-state index in [1.807, 2.05) is 0 Å². The summed E-state index contributed by atoms with van der Waals surface area (Å²) in [5, 5.41) is 11.7. The fourth-order valence-electron chi connectivity index (χ4n) is 9.75. The van der Waals surface area contributed by atoms with Crippen LogP contribution in [-0.2, 0) is 28.7 Å². The first-order chi connectivity index (χ1) is 25.2. The number of esters is 1. The summed E-state index contributed by atoms with van der Waals surface area (Å²) in [6, 6.07) is -2.98. The lowest BCUT2D eigenvalue weighted by molar-refractivity contribution is -0.154. The van der Waals surface area contributed by atoms with Gasteiger partial charge in [-0.1, -0.05) is 45.6 Å². The first-order valence-electron chi connectivity index (χ1n) is 20.5. The summed E-state index contributed by atoms with van der Waals surface area (Å²) in [6.45, 7) is 13.5. The van der Waals surface area contributed by atoms with Crippen molar-refractivity contribution in [2.45, 2.75) is 173 Å². The van der Waals surface area contributed by atoms with Crippen molar-refractivity contribution < 1.29 is 33.5 Å². The molecule has 1 aliphatic heterocycles. The van der Waals surface area contributed by atoms with Gasteiger partial charge in [-0.05, 0) is 121 Å². The van der Waals surface area contributed by atoms with Crippen molar-refractivity contribution in [1.29, 1.82) is 0 Å². The summed E-state index contributed by atoms with van der Waals surface area (Å²) in [5.41, 5.74) is -0.858. The van der Waals surface area contributed by atoms with Crippen molar-refractivity contribution >= 4 is 35.5 Å². The molecule has 3 atom stereocenters. The third kappa shape index (κ3) is 12.0. The minimum Gasteiger partial charge on any atom is -0.460 e. The normalized spacial score (nSPS) is 27.4. The van der Waals surface area contributed by atoms with Crippen LogP contribution in [0.3, 0.4) is 0 Å². The van der Waals surface area contributed by atoms with Gasteiger partial charge in [0.1, 0.15) is 17.7 Å². The molecule has 0 aromatic rings. The summed E-state index contributed by atoms with van der Waals surface area (Å²) in [4.78, 5) is 81.4. The molecule has 6 rings (SSSR count). The van der Waals surface area contributed by atoms with E-state index in [2.05, 4.69) is 41.7 Å². The minimum absolute atomic E-state index is 0.0195. The summed E-state index contributed by atoms with van der Waals surface area (Å²) in [5.74, 6) is -1.00. The lowest BCUT2D eigenvalue weighted by atomic mass is 9.53. The van der Waals surface area contributed by atoms with Gasteiger partial charge in [0.05, 0.1) is 12.5 Å². The number of nitrogens with one attached hydrogen (secondary N) is 4. The molecule has 1 unspecified atom stereocenters. The number of hydrogen-bond donors (Lipinski definition) is 4. The molecule has 4 N–H and O–H groups in total. The number of Topliss-reactive ketones (excluding diaryl/α,β-unsaturated/α-hetero) is 1. The minimum atomic E-state index is -1.13. The number of rotatable bonds is 14. The van der Waals surface area contributed by atoms with Crippen LogP contribution in [0.15, 0.2) is 12.7 Å². The van der Waals surface area contributed by atoms with Crippen molar-refractivity contribution in [1.82, 2.24) is 26.2 Å². The van der Waals surface area contributed by atoms with Gasteiger partial charge in [0.25, 0.3) is 5.91 Å². The van der Waals surface area contributed by atoms with E-state index in [-0.39, 0.29) is 42.8 Å². The molecular weight excluding hydrogens is 674 g/mol. The second-order valence-electron chi connectivity index (χ2n) is 17.5. The second kappa shape index (κ2) is 19.2. The van der Waals surface area contributed by atoms with E-state index in [0.29, 0.717) is 43.6 Å². The third-order valence-corrected chi connectivity index (χ3v) is 11.5. The standard InChI is InChI=1S/C38H59N5O7.C3H8/c1-5-6-13-28(32(45)34(47)39-16-15-30(44)50-37(2,3)4)40-33(46)29-14-10-17-43(29)35(48)31(27-11-8-7-9-12-27)41-36(49)42-38-21-24-18-25(22-38)20-26(19-24)23-38;1-3-2/h5,24-29,31H,1,6-23H2,2-4H3,(H,39,47)(H,40,46)(H2,41,42,49);3H2,1-2H3/t24?,25?,26?,28?,29-,31-,38?;/m0./s1. The Morgan fingerprint density at radius 2 is 1.49 bits per heavy atom. The largest absolute Gasteiger partial charge is 0.460 e. The first-order valence-corrected chi connectivity index (χ1v) is 20.5. The van der Waals surface area contributed by atoms with Crippen LogP contribution in [0.4, 0.5) is 4.79 Å². The third-order valence-electron chi connectivity index (χ3n) is 11.5. The Kier molecular flexibility index (Phi) is 15.4. The summed E-state index contributed by atoms with van der Waals surface area (Å²) in [7, 11) is 0. The monoisotopic (exact) mass is 742 g/mol. The van der Waals surface area contributed by atoms with Crippen LogP contribution in [0, 0.1) is 23.7 Å². The highest BCUT2D eigenvalue weighted by Crippen LogP contribution is 2.55. The van der Waals surface area contributed by atoms with Crippen LogP contribution < -0.4 is 21.3 Å². The molecule has 12 heteroatoms. The molecule has 12 nitrogen and oxygen atoms in total. The van der Waals surface area contributed by atoms with Gasteiger partial charge in [0.2, 0.25) is 17.6 Å². The number of allylic oxidation sites excluding steroid dienone is 1. The molecule has 5 amide bonds. The van der Waals surface area contributed by atoms with Gasteiger partial charge >= 0.3 is 12.0 Å². The molecule has 5 saturated carbocycles. The van der Waals surface area contributed by atoms with Gasteiger partial charge in [-0.15, -0.1) is 6.58 Å². The topological polar surface area (TPSA) is 163 Å². The van der Waals surface area contributed by atoms with Crippen LogP contribution in [0.2, 0.25) is 0 Å². The molecule has 0 spiro atoms. The van der Waals surface area contributed by atoms with Crippen LogP contribution >= 0.6 is 0 Å². The Hall–Kier alpha value is -3.44. The van der Waals surface area contributed by atoms with E-state index in [9.17, 15) is 28.8 Å². The van der Waals surface area contributed by atoms with Gasteiger partial charge in [-0.25, -0.2) is 4.79 Å². The summed E-state index contributed by atoms with van der Waals surface area (Å²) < 4.78 is 5.25.